The molecule has 29 heavy (non-hydrogen) atoms. The van der Waals surface area contributed by atoms with Crippen molar-refractivity contribution >= 4 is 45.8 Å². The summed E-state index contributed by atoms with van der Waals surface area (Å²) in [5.41, 5.74) is 1.37. The van der Waals surface area contributed by atoms with Crippen molar-refractivity contribution in [2.24, 2.45) is 0 Å². The van der Waals surface area contributed by atoms with Crippen LogP contribution < -0.4 is 5.32 Å². The van der Waals surface area contributed by atoms with Crippen LogP contribution in [0.5, 0.6) is 0 Å². The van der Waals surface area contributed by atoms with Crippen LogP contribution in [0, 0.1) is 10.1 Å². The Morgan fingerprint density at radius 2 is 1.83 bits per heavy atom. The number of rotatable bonds is 5. The molecule has 0 unspecified atom stereocenters. The summed E-state index contributed by atoms with van der Waals surface area (Å²) >= 11 is 6.04. The Bertz CT molecular complexity index is 1260. The molecule has 0 saturated heterocycles. The molecule has 144 valence electrons. The molecule has 0 fully saturated rings. The number of amides is 1. The number of nitrogens with zero attached hydrogens (tertiary/aromatic N) is 1. The Labute approximate surface area is 168 Å². The second-order valence-electron chi connectivity index (χ2n) is 6.11. The number of hydrogen-bond acceptors (Lipinski definition) is 5. The Kier molecular flexibility index (Phi) is 4.61. The van der Waals surface area contributed by atoms with Crippen molar-refractivity contribution in [3.05, 3.63) is 92.8 Å². The fraction of sp³-hybridized carbons (Fsp3) is 0. The fourth-order valence-corrected chi connectivity index (χ4v) is 3.10. The number of carbonyl (C=O) groups excluding carboxylic acids is 2. The number of nitro groups is 1. The largest absolute Gasteiger partial charge is 0.433 e. The number of halogens is 1. The molecule has 4 rings (SSSR count). The molecule has 4 aromatic rings. The molecular weight excluding hydrogens is 398 g/mol. The highest BCUT2D eigenvalue weighted by Gasteiger charge is 2.23. The highest BCUT2D eigenvalue weighted by molar-refractivity contribution is 6.31. The van der Waals surface area contributed by atoms with E-state index in [2.05, 4.69) is 10.3 Å². The van der Waals surface area contributed by atoms with Gasteiger partial charge >= 0.3 is 5.88 Å². The van der Waals surface area contributed by atoms with Gasteiger partial charge in [-0.1, -0.05) is 41.9 Å². The van der Waals surface area contributed by atoms with Gasteiger partial charge < -0.3 is 14.7 Å². The van der Waals surface area contributed by atoms with Crippen LogP contribution in [0.1, 0.15) is 26.6 Å². The minimum Gasteiger partial charge on any atom is -0.395 e. The van der Waals surface area contributed by atoms with Gasteiger partial charge in [-0.25, -0.2) is 0 Å². The molecule has 2 N–H and O–H groups in total. The first-order valence-electron chi connectivity index (χ1n) is 8.40. The van der Waals surface area contributed by atoms with Crippen LogP contribution in [0.25, 0.3) is 10.9 Å². The van der Waals surface area contributed by atoms with Gasteiger partial charge in [0.25, 0.3) is 5.91 Å². The van der Waals surface area contributed by atoms with Gasteiger partial charge in [-0.3, -0.25) is 19.7 Å². The number of carbonyl (C=O) groups is 2. The van der Waals surface area contributed by atoms with Crippen LogP contribution in [-0.4, -0.2) is 21.6 Å². The Morgan fingerprint density at radius 1 is 1.07 bits per heavy atom. The number of H-pyrrole nitrogens is 1. The zero-order valence-electron chi connectivity index (χ0n) is 14.6. The monoisotopic (exact) mass is 409 g/mol. The van der Waals surface area contributed by atoms with Crippen molar-refractivity contribution in [1.29, 1.82) is 0 Å². The molecule has 2 heterocycles. The van der Waals surface area contributed by atoms with Gasteiger partial charge in [0, 0.05) is 21.5 Å². The predicted molar refractivity (Wildman–Crippen MR) is 106 cm³/mol. The quantitative estimate of drug-likeness (QED) is 0.278. The average Bonchev–Trinajstić information content (AvgIpc) is 3.33. The summed E-state index contributed by atoms with van der Waals surface area (Å²) in [6.07, 6.45) is 0. The summed E-state index contributed by atoms with van der Waals surface area (Å²) < 4.78 is 4.94. The van der Waals surface area contributed by atoms with E-state index < -0.39 is 16.7 Å². The van der Waals surface area contributed by atoms with Crippen LogP contribution in [0.3, 0.4) is 0 Å². The smallest absolute Gasteiger partial charge is 0.395 e. The summed E-state index contributed by atoms with van der Waals surface area (Å²) in [4.78, 5) is 38.6. The molecule has 8 nitrogen and oxygen atoms in total. The second-order valence-corrected chi connectivity index (χ2v) is 6.55. The molecule has 0 saturated carbocycles. The number of aromatic nitrogens is 1. The van der Waals surface area contributed by atoms with E-state index in [1.54, 1.807) is 48.5 Å². The summed E-state index contributed by atoms with van der Waals surface area (Å²) in [6, 6.07) is 15.8. The molecule has 0 aliphatic heterocycles. The van der Waals surface area contributed by atoms with Gasteiger partial charge in [0.2, 0.25) is 5.78 Å². The topological polar surface area (TPSA) is 118 Å². The number of benzene rings is 2. The number of hydrogen-bond donors (Lipinski definition) is 2. The lowest BCUT2D eigenvalue weighted by Gasteiger charge is -2.06. The van der Waals surface area contributed by atoms with Crippen molar-refractivity contribution in [1.82, 2.24) is 4.98 Å². The Morgan fingerprint density at radius 3 is 2.52 bits per heavy atom. The van der Waals surface area contributed by atoms with Crippen molar-refractivity contribution in [2.75, 3.05) is 5.32 Å². The van der Waals surface area contributed by atoms with E-state index in [0.717, 1.165) is 6.07 Å². The molecule has 0 atom stereocenters. The minimum atomic E-state index is -0.741. The summed E-state index contributed by atoms with van der Waals surface area (Å²) in [5, 5.41) is 14.4. The van der Waals surface area contributed by atoms with E-state index in [1.165, 1.54) is 6.07 Å². The SMILES string of the molecule is O=C(Nc1c(C(=O)c2ccccc2)[nH]c2cc(Cl)ccc12)c1ccc([N+](=O)[O-])o1. The standard InChI is InChI=1S/C20H12ClN3O5/c21-12-6-7-13-14(10-12)22-18(19(25)11-4-2-1-3-5-11)17(13)23-20(26)15-8-9-16(29-15)24(27)28/h1-10,22H,(H,23,26). The molecule has 2 aromatic carbocycles. The van der Waals surface area contributed by atoms with E-state index in [0.29, 0.717) is 21.5 Å². The van der Waals surface area contributed by atoms with Crippen LogP contribution in [0.2, 0.25) is 5.02 Å². The van der Waals surface area contributed by atoms with E-state index >= 15 is 0 Å². The highest BCUT2D eigenvalue weighted by atomic mass is 35.5. The summed E-state index contributed by atoms with van der Waals surface area (Å²) in [6.45, 7) is 0. The second kappa shape index (κ2) is 7.25. The fourth-order valence-electron chi connectivity index (χ4n) is 2.93. The summed E-state index contributed by atoms with van der Waals surface area (Å²) in [5.74, 6) is -1.87. The zero-order chi connectivity index (χ0) is 20.5. The van der Waals surface area contributed by atoms with Crippen molar-refractivity contribution < 1.29 is 18.9 Å². The number of anilines is 1. The molecule has 0 bridgehead atoms. The van der Waals surface area contributed by atoms with Crippen LogP contribution in [-0.2, 0) is 0 Å². The maximum absolute atomic E-state index is 13.0. The maximum atomic E-state index is 13.0. The van der Waals surface area contributed by atoms with E-state index in [1.807, 2.05) is 0 Å². The van der Waals surface area contributed by atoms with E-state index in [-0.39, 0.29) is 22.9 Å². The Hall–Kier alpha value is -3.91. The van der Waals surface area contributed by atoms with Crippen LogP contribution in [0.4, 0.5) is 11.6 Å². The number of nitrogens with one attached hydrogen (secondary N) is 2. The van der Waals surface area contributed by atoms with Crippen LogP contribution >= 0.6 is 11.6 Å². The van der Waals surface area contributed by atoms with Gasteiger partial charge in [0.05, 0.1) is 11.8 Å². The van der Waals surface area contributed by atoms with Crippen molar-refractivity contribution in [3.63, 3.8) is 0 Å². The number of furan rings is 1. The number of aromatic amines is 1. The lowest BCUT2D eigenvalue weighted by molar-refractivity contribution is -0.402. The van der Waals surface area contributed by atoms with Gasteiger partial charge in [0.15, 0.2) is 5.76 Å². The zero-order valence-corrected chi connectivity index (χ0v) is 15.4. The van der Waals surface area contributed by atoms with Gasteiger partial charge in [-0.15, -0.1) is 0 Å². The normalized spacial score (nSPS) is 10.8. The predicted octanol–water partition coefficient (Wildman–Crippen LogP) is 4.81. The molecule has 0 aliphatic rings. The number of fused-ring (bicyclic) bond motifs is 1. The Balaban J connectivity index is 1.78. The molecule has 0 radical (unpaired) electrons. The first-order chi connectivity index (χ1) is 13.9. The van der Waals surface area contributed by atoms with E-state index in [4.69, 9.17) is 16.0 Å². The third-order valence-electron chi connectivity index (χ3n) is 4.26. The molecule has 9 heteroatoms. The molecular formula is C20H12ClN3O5. The average molecular weight is 410 g/mol. The number of ketones is 1. The van der Waals surface area contributed by atoms with Crippen molar-refractivity contribution in [3.8, 4) is 0 Å². The minimum absolute atomic E-state index is 0.155. The van der Waals surface area contributed by atoms with Gasteiger partial charge in [-0.05, 0) is 24.3 Å². The molecule has 2 aromatic heterocycles. The summed E-state index contributed by atoms with van der Waals surface area (Å²) in [7, 11) is 0. The lowest BCUT2D eigenvalue weighted by Crippen LogP contribution is -2.14. The molecule has 0 aliphatic carbocycles. The maximum Gasteiger partial charge on any atom is 0.433 e. The van der Waals surface area contributed by atoms with E-state index in [9.17, 15) is 19.7 Å². The first-order valence-corrected chi connectivity index (χ1v) is 8.78. The first kappa shape index (κ1) is 18.5. The molecule has 1 amide bonds. The third kappa shape index (κ3) is 3.48. The van der Waals surface area contributed by atoms with Crippen LogP contribution in [0.15, 0.2) is 65.1 Å². The van der Waals surface area contributed by atoms with Gasteiger partial charge in [-0.2, -0.15) is 0 Å². The molecule has 0 spiro atoms. The van der Waals surface area contributed by atoms with Crippen molar-refractivity contribution in [2.45, 2.75) is 0 Å². The third-order valence-corrected chi connectivity index (χ3v) is 4.49. The van der Waals surface area contributed by atoms with Gasteiger partial charge in [0.1, 0.15) is 10.6 Å². The lowest BCUT2D eigenvalue weighted by atomic mass is 10.1. The highest BCUT2D eigenvalue weighted by Crippen LogP contribution is 2.32.